The molecule has 0 bridgehead atoms. The SMILES string of the molecule is O=C1CCC(N2Cc3cc(O[C@H]4CCC[C@@H]4N4CC(c5ccc(-n6cccn6)cc5)C4)ccc3C2=O)C(=O)N1. The molecular weight excluding hydrogens is 494 g/mol. The highest BCUT2D eigenvalue weighted by Gasteiger charge is 2.42. The summed E-state index contributed by atoms with van der Waals surface area (Å²) in [6.45, 7) is 2.43. The van der Waals surface area contributed by atoms with Gasteiger partial charge in [0.25, 0.3) is 5.91 Å². The molecule has 9 heteroatoms. The van der Waals surface area contributed by atoms with Gasteiger partial charge in [0, 0.05) is 56.0 Å². The van der Waals surface area contributed by atoms with Gasteiger partial charge in [-0.15, -0.1) is 0 Å². The first kappa shape index (κ1) is 24.1. The number of fused-ring (bicyclic) bond motifs is 1. The first-order chi connectivity index (χ1) is 19.0. The predicted molar refractivity (Wildman–Crippen MR) is 142 cm³/mol. The number of piperidine rings is 1. The molecule has 1 N–H and O–H groups in total. The Labute approximate surface area is 226 Å². The highest BCUT2D eigenvalue weighted by Crippen LogP contribution is 2.37. The number of carbonyl (C=O) groups is 3. The van der Waals surface area contributed by atoms with Crippen LogP contribution in [0.15, 0.2) is 60.9 Å². The fraction of sp³-hybridized carbons (Fsp3) is 0.400. The smallest absolute Gasteiger partial charge is 0.255 e. The summed E-state index contributed by atoms with van der Waals surface area (Å²) in [6.07, 6.45) is 7.76. The number of imide groups is 1. The summed E-state index contributed by atoms with van der Waals surface area (Å²) >= 11 is 0. The van der Waals surface area contributed by atoms with Gasteiger partial charge in [0.15, 0.2) is 0 Å². The molecule has 1 aliphatic carbocycles. The fourth-order valence-electron chi connectivity index (χ4n) is 6.58. The number of hydrogen-bond donors (Lipinski definition) is 1. The van der Waals surface area contributed by atoms with Crippen molar-refractivity contribution in [3.8, 4) is 11.4 Å². The Morgan fingerprint density at radius 1 is 0.974 bits per heavy atom. The second-order valence-electron chi connectivity index (χ2n) is 11.1. The molecule has 3 fully saturated rings. The van der Waals surface area contributed by atoms with Gasteiger partial charge >= 0.3 is 0 Å². The number of carbonyl (C=O) groups excluding carboxylic acids is 3. The number of ether oxygens (including phenoxy) is 1. The summed E-state index contributed by atoms with van der Waals surface area (Å²) in [6, 6.07) is 16.0. The van der Waals surface area contributed by atoms with Gasteiger partial charge in [-0.05, 0) is 73.2 Å². The van der Waals surface area contributed by atoms with E-state index in [0.717, 1.165) is 49.4 Å². The molecule has 0 spiro atoms. The van der Waals surface area contributed by atoms with Crippen LogP contribution in [0.4, 0.5) is 0 Å². The van der Waals surface area contributed by atoms with Gasteiger partial charge in [-0.2, -0.15) is 5.10 Å². The molecular formula is C30H31N5O4. The third kappa shape index (κ3) is 4.40. The lowest BCUT2D eigenvalue weighted by molar-refractivity contribution is -0.136. The zero-order valence-electron chi connectivity index (χ0n) is 21.7. The lowest BCUT2D eigenvalue weighted by atomic mass is 9.89. The van der Waals surface area contributed by atoms with Crippen molar-refractivity contribution >= 4 is 17.7 Å². The molecule has 3 aromatic rings. The summed E-state index contributed by atoms with van der Waals surface area (Å²) in [5.74, 6) is 0.476. The maximum Gasteiger partial charge on any atom is 0.255 e. The van der Waals surface area contributed by atoms with E-state index in [2.05, 4.69) is 39.6 Å². The normalized spacial score (nSPS) is 25.5. The number of benzene rings is 2. The van der Waals surface area contributed by atoms with Gasteiger partial charge < -0.3 is 9.64 Å². The van der Waals surface area contributed by atoms with Crippen LogP contribution in [-0.2, 0) is 16.1 Å². The number of nitrogens with one attached hydrogen (secondary N) is 1. The van der Waals surface area contributed by atoms with Crippen molar-refractivity contribution in [3.05, 3.63) is 77.6 Å². The predicted octanol–water partition coefficient (Wildman–Crippen LogP) is 3.03. The highest BCUT2D eigenvalue weighted by molar-refractivity contribution is 6.05. The lowest BCUT2D eigenvalue weighted by Crippen LogP contribution is -2.54. The average Bonchev–Trinajstić information content (AvgIpc) is 3.66. The first-order valence-corrected chi connectivity index (χ1v) is 13.8. The van der Waals surface area contributed by atoms with Gasteiger partial charge in [-0.25, -0.2) is 4.68 Å². The van der Waals surface area contributed by atoms with Crippen molar-refractivity contribution in [2.24, 2.45) is 0 Å². The summed E-state index contributed by atoms with van der Waals surface area (Å²) in [5, 5.41) is 6.66. The Hall–Kier alpha value is -3.98. The molecule has 3 amide bonds. The van der Waals surface area contributed by atoms with Crippen LogP contribution in [0.3, 0.4) is 0 Å². The van der Waals surface area contributed by atoms with Crippen molar-refractivity contribution in [1.82, 2.24) is 24.9 Å². The molecule has 1 unspecified atom stereocenters. The van der Waals surface area contributed by atoms with Crippen LogP contribution in [0.5, 0.6) is 5.75 Å². The molecule has 3 atom stereocenters. The molecule has 2 aromatic carbocycles. The van der Waals surface area contributed by atoms with Crippen molar-refractivity contribution in [3.63, 3.8) is 0 Å². The minimum Gasteiger partial charge on any atom is -0.489 e. The third-order valence-corrected chi connectivity index (χ3v) is 8.71. The minimum absolute atomic E-state index is 0.120. The van der Waals surface area contributed by atoms with Crippen LogP contribution < -0.4 is 10.1 Å². The molecule has 7 rings (SSSR count). The first-order valence-electron chi connectivity index (χ1n) is 13.8. The molecule has 9 nitrogen and oxygen atoms in total. The summed E-state index contributed by atoms with van der Waals surface area (Å²) < 4.78 is 8.39. The van der Waals surface area contributed by atoms with Gasteiger partial charge in [0.05, 0.1) is 5.69 Å². The maximum atomic E-state index is 13.0. The Bertz CT molecular complexity index is 1410. The van der Waals surface area contributed by atoms with E-state index in [1.54, 1.807) is 11.1 Å². The van der Waals surface area contributed by atoms with E-state index in [1.807, 2.05) is 35.1 Å². The minimum atomic E-state index is -0.604. The lowest BCUT2D eigenvalue weighted by Gasteiger charge is -2.45. The van der Waals surface area contributed by atoms with Gasteiger partial charge in [-0.1, -0.05) is 12.1 Å². The third-order valence-electron chi connectivity index (χ3n) is 8.71. The Balaban J connectivity index is 0.976. The second-order valence-corrected chi connectivity index (χ2v) is 11.1. The Morgan fingerprint density at radius 2 is 1.82 bits per heavy atom. The molecule has 1 aromatic heterocycles. The van der Waals surface area contributed by atoms with Crippen LogP contribution in [0.2, 0.25) is 0 Å². The Morgan fingerprint density at radius 3 is 2.59 bits per heavy atom. The van der Waals surface area contributed by atoms with E-state index in [0.29, 0.717) is 30.5 Å². The summed E-state index contributed by atoms with van der Waals surface area (Å²) in [5.41, 5.74) is 3.92. The van der Waals surface area contributed by atoms with Crippen LogP contribution in [0, 0.1) is 0 Å². The largest absolute Gasteiger partial charge is 0.489 e. The molecule has 2 saturated heterocycles. The topological polar surface area (TPSA) is 96.8 Å². The average molecular weight is 526 g/mol. The van der Waals surface area contributed by atoms with Crippen LogP contribution >= 0.6 is 0 Å². The van der Waals surface area contributed by atoms with Crippen molar-refractivity contribution in [2.45, 2.75) is 62.8 Å². The van der Waals surface area contributed by atoms with Crippen molar-refractivity contribution < 1.29 is 19.1 Å². The zero-order chi connectivity index (χ0) is 26.5. The number of hydrogen-bond acceptors (Lipinski definition) is 6. The van der Waals surface area contributed by atoms with E-state index in [1.165, 1.54) is 5.56 Å². The number of likely N-dealkylation sites (tertiary alicyclic amines) is 1. The monoisotopic (exact) mass is 525 g/mol. The fourth-order valence-corrected chi connectivity index (χ4v) is 6.58. The van der Waals surface area contributed by atoms with Crippen LogP contribution in [0.1, 0.15) is 59.5 Å². The quantitative estimate of drug-likeness (QED) is 0.497. The number of aromatic nitrogens is 2. The van der Waals surface area contributed by atoms with Gasteiger partial charge in [0.1, 0.15) is 17.9 Å². The standard InChI is InChI=1S/C30H31N5O4/c36-28-12-11-26(29(37)32-28)34-18-20-15-23(9-10-24(20)30(34)38)39-27-4-1-3-25(27)33-16-21(17-33)19-5-7-22(8-6-19)35-14-2-13-31-35/h2,5-10,13-15,21,25-27H,1,3-4,11-12,16-18H2,(H,32,36,37)/t25-,26?,27-/m0/s1. The van der Waals surface area contributed by atoms with Crippen molar-refractivity contribution in [2.75, 3.05) is 13.1 Å². The van der Waals surface area contributed by atoms with Crippen LogP contribution in [0.25, 0.3) is 5.69 Å². The second kappa shape index (κ2) is 9.64. The Kier molecular flexibility index (Phi) is 5.96. The van der Waals surface area contributed by atoms with Gasteiger partial charge in [-0.3, -0.25) is 24.6 Å². The molecule has 3 aliphatic heterocycles. The zero-order valence-corrected chi connectivity index (χ0v) is 21.7. The molecule has 39 heavy (non-hydrogen) atoms. The van der Waals surface area contributed by atoms with E-state index in [4.69, 9.17) is 4.74 Å². The van der Waals surface area contributed by atoms with E-state index >= 15 is 0 Å². The van der Waals surface area contributed by atoms with Crippen molar-refractivity contribution in [1.29, 1.82) is 0 Å². The van der Waals surface area contributed by atoms with E-state index < -0.39 is 6.04 Å². The number of amides is 3. The number of nitrogens with zero attached hydrogens (tertiary/aromatic N) is 4. The summed E-state index contributed by atoms with van der Waals surface area (Å²) in [4.78, 5) is 41.0. The summed E-state index contributed by atoms with van der Waals surface area (Å²) in [7, 11) is 0. The van der Waals surface area contributed by atoms with E-state index in [-0.39, 0.29) is 30.2 Å². The maximum absolute atomic E-state index is 13.0. The molecule has 200 valence electrons. The van der Waals surface area contributed by atoms with Crippen LogP contribution in [-0.4, -0.2) is 68.6 Å². The van der Waals surface area contributed by atoms with E-state index in [9.17, 15) is 14.4 Å². The number of rotatable bonds is 6. The molecule has 0 radical (unpaired) electrons. The molecule has 4 heterocycles. The highest BCUT2D eigenvalue weighted by atomic mass is 16.5. The van der Waals surface area contributed by atoms with Gasteiger partial charge in [0.2, 0.25) is 11.8 Å². The molecule has 4 aliphatic rings. The molecule has 1 saturated carbocycles.